The number of para-hydroxylation sites is 4. The van der Waals surface area contributed by atoms with Crippen molar-refractivity contribution in [1.29, 1.82) is 0 Å². The molecule has 12 aromatic carbocycles. The molecular weight excluding hydrogens is 3530 g/mol. The summed E-state index contributed by atoms with van der Waals surface area (Å²) in [5, 5.41) is 37.5. The fraction of sp³-hybridized carbons (Fsp3) is 0.0577. The molecule has 0 amide bonds. The van der Waals surface area contributed by atoms with Crippen molar-refractivity contribution in [2.24, 2.45) is 21.1 Å². The van der Waals surface area contributed by atoms with Crippen LogP contribution >= 0.6 is 11.3 Å². The number of aromatic nitrogens is 22. The molecule has 0 atom stereocenters. The molecule has 0 spiro atoms. The fourth-order valence-corrected chi connectivity index (χ4v) is 13.3. The molecule has 0 fully saturated rings. The van der Waals surface area contributed by atoms with Crippen molar-refractivity contribution in [2.75, 3.05) is 0 Å². The first kappa shape index (κ1) is 120. The van der Waals surface area contributed by atoms with Crippen molar-refractivity contribution in [3.63, 3.8) is 0 Å². The molecule has 23 nitrogen and oxygen atoms in total. The van der Waals surface area contributed by atoms with Crippen LogP contribution in [0.15, 0.2) is 413 Å². The van der Waals surface area contributed by atoms with Crippen LogP contribution < -0.4 is 0 Å². The first-order valence-electron chi connectivity index (χ1n) is 40.2. The summed E-state index contributed by atoms with van der Waals surface area (Å²) >= 11 is 1.63. The van der Waals surface area contributed by atoms with Crippen LogP contribution in [0, 0.1) is 60.7 Å². The zero-order chi connectivity index (χ0) is 88.0. The number of benzene rings is 12. The zero-order valence-corrected chi connectivity index (χ0v) is 98.4. The van der Waals surface area contributed by atoms with Crippen LogP contribution in [-0.4, -0.2) is 108 Å². The van der Waals surface area contributed by atoms with Gasteiger partial charge < -0.3 is 18.1 Å². The van der Waals surface area contributed by atoms with Gasteiger partial charge in [-0.25, -0.2) is 9.36 Å². The molecule has 138 heavy (non-hydrogen) atoms. The van der Waals surface area contributed by atoms with Gasteiger partial charge in [0.25, 0.3) is 0 Å². The molecule has 0 aliphatic heterocycles. The van der Waals surface area contributed by atoms with E-state index in [4.69, 9.17) is 4.42 Å². The van der Waals surface area contributed by atoms with E-state index in [1.54, 1.807) is 99.9 Å². The Hall–Kier alpha value is -10.6. The smallest absolute Gasteiger partial charge is 0.141 e. The van der Waals surface area contributed by atoms with Crippen LogP contribution in [0.4, 0.5) is 0 Å². The number of aryl methyl sites for hydroxylation is 3. The van der Waals surface area contributed by atoms with Crippen LogP contribution in [0.3, 0.4) is 0 Å². The first-order valence-corrected chi connectivity index (χ1v) is 41.1. The SMILES string of the molecule is CC1(C)c2ccccc2-c2c[c-]c(-n3cccn3)cc21.Cn1ccnc1-c1[c-]ccc(-c2ccccc2)c1.Cn1ccnc1-c1[c-]cccc1.Cn1cnc(-c2[c-]cccc2)c1.[Ir].[Ir].[Ir].[Ir].[Ir].[Ir].[Ir].[Ir].[Ir].[Ir].[c-]1ccccc1-c1ncco1.[c-]1ccccc1-c1nccs1.[c-]1ccccc1-n1cccn1.[c-]1ccccc1-n1ccnn1.[c-]1ccccc1-n1cnnn1.[c-]1ccccc1-n1nccn1. The molecule has 1 aliphatic rings. The Morgan fingerprint density at radius 2 is 0.833 bits per heavy atom. The summed E-state index contributed by atoms with van der Waals surface area (Å²) in [6.07, 6.45) is 31.8. The van der Waals surface area contributed by atoms with E-state index in [1.807, 2.05) is 306 Å². The normalized spacial score (nSPS) is 9.98. The second-order valence-electron chi connectivity index (χ2n) is 27.9. The van der Waals surface area contributed by atoms with Gasteiger partial charge in [-0.2, -0.15) is 146 Å². The van der Waals surface area contributed by atoms with Crippen molar-refractivity contribution < 1.29 is 205 Å². The maximum absolute atomic E-state index is 5.08. The van der Waals surface area contributed by atoms with E-state index in [1.165, 1.54) is 44.5 Å². The van der Waals surface area contributed by atoms with Gasteiger partial charge in [-0.05, 0) is 73.7 Å². The number of fused-ring (bicyclic) bond motifs is 3. The van der Waals surface area contributed by atoms with Crippen molar-refractivity contribution in [3.8, 4) is 107 Å². The van der Waals surface area contributed by atoms with Crippen molar-refractivity contribution in [1.82, 2.24) is 108 Å². The monoisotopic (exact) mass is 3620 g/mol. The van der Waals surface area contributed by atoms with Crippen LogP contribution in [-0.2, 0) is 228 Å². The van der Waals surface area contributed by atoms with E-state index in [2.05, 4.69) is 206 Å². The van der Waals surface area contributed by atoms with Gasteiger partial charge in [0.2, 0.25) is 0 Å². The summed E-state index contributed by atoms with van der Waals surface area (Å²) in [5.74, 6) is 2.51. The summed E-state index contributed by atoms with van der Waals surface area (Å²) in [5.41, 5.74) is 18.4. The Morgan fingerprint density at radius 1 is 0.326 bits per heavy atom. The molecule has 720 valence electrons. The largest absolute Gasteiger partial charge is 0.489 e. The van der Waals surface area contributed by atoms with E-state index in [0.29, 0.717) is 5.89 Å². The molecular formula is C104H82Ir10N22OS-10. The Bertz CT molecular complexity index is 6260. The van der Waals surface area contributed by atoms with Crippen LogP contribution in [0.2, 0.25) is 0 Å². The van der Waals surface area contributed by atoms with E-state index in [-0.39, 0.29) is 206 Å². The number of hydrogen-bond acceptors (Lipinski definition) is 16. The molecule has 0 unspecified atom stereocenters. The predicted octanol–water partition coefficient (Wildman–Crippen LogP) is 20.3. The van der Waals surface area contributed by atoms with Crippen LogP contribution in [0.1, 0.15) is 25.0 Å². The molecule has 1 aliphatic carbocycles. The van der Waals surface area contributed by atoms with Crippen LogP contribution in [0.5, 0.6) is 0 Å². The second kappa shape index (κ2) is 64.6. The third kappa shape index (κ3) is 35.6. The molecule has 0 bridgehead atoms. The van der Waals surface area contributed by atoms with Gasteiger partial charge in [0.1, 0.15) is 12.2 Å². The molecule has 23 rings (SSSR count). The predicted molar refractivity (Wildman–Crippen MR) is 496 cm³/mol. The van der Waals surface area contributed by atoms with E-state index < -0.39 is 0 Å². The number of thiazole rings is 1. The number of tetrazole rings is 1. The molecule has 34 heteroatoms. The third-order valence-corrected chi connectivity index (χ3v) is 19.7. The summed E-state index contributed by atoms with van der Waals surface area (Å²) in [7, 11) is 5.92. The van der Waals surface area contributed by atoms with Crippen molar-refractivity contribution >= 4 is 11.3 Å². The first-order chi connectivity index (χ1) is 63.1. The number of oxazole rings is 1. The summed E-state index contributed by atoms with van der Waals surface area (Å²) < 4.78 is 17.8. The van der Waals surface area contributed by atoms with E-state index in [0.717, 1.165) is 78.6 Å². The van der Waals surface area contributed by atoms with Gasteiger partial charge in [0, 0.05) is 300 Å². The summed E-state index contributed by atoms with van der Waals surface area (Å²) in [6, 6.07) is 126. The maximum Gasteiger partial charge on any atom is 0.141 e. The van der Waals surface area contributed by atoms with Gasteiger partial charge >= 0.3 is 0 Å². The maximum atomic E-state index is 5.08. The molecule has 10 heterocycles. The molecule has 0 saturated heterocycles. The average Bonchev–Trinajstić information content (AvgIpc) is 1.58. The van der Waals surface area contributed by atoms with Gasteiger partial charge in [0.15, 0.2) is 0 Å². The third-order valence-electron chi connectivity index (χ3n) is 18.8. The number of nitrogens with zero attached hydrogens (tertiary/aromatic N) is 22. The number of imidazole rings is 3. The zero-order valence-electron chi connectivity index (χ0n) is 73.7. The summed E-state index contributed by atoms with van der Waals surface area (Å²) in [4.78, 5) is 22.5. The molecule has 10 aromatic heterocycles. The van der Waals surface area contributed by atoms with Gasteiger partial charge in [0.05, 0.1) is 49.0 Å². The number of hydrogen-bond donors (Lipinski definition) is 0. The Morgan fingerprint density at radius 3 is 1.31 bits per heavy atom. The fourth-order valence-electron chi connectivity index (χ4n) is 12.7. The van der Waals surface area contributed by atoms with Gasteiger partial charge in [-0.15, -0.1) is 225 Å². The minimum Gasteiger partial charge on any atom is -0.489 e. The van der Waals surface area contributed by atoms with Crippen molar-refractivity contribution in [2.45, 2.75) is 19.3 Å². The molecule has 22 aromatic rings. The van der Waals surface area contributed by atoms with E-state index in [9.17, 15) is 0 Å². The quantitative estimate of drug-likeness (QED) is 0.110. The van der Waals surface area contributed by atoms with E-state index >= 15 is 0 Å². The van der Waals surface area contributed by atoms with Gasteiger partial charge in [-0.1, -0.05) is 84.8 Å². The Balaban J connectivity index is 0.000000320. The standard InChI is InChI=1S/C18H15N2.C16H13N2.2C10H9N2.C9H7N2.C9H6NO.C9H6NS.2C8H6N3.C7H5N4.10Ir/c1-18(2)16-7-4-3-6-14(16)15-9-8-13(12-17(15)18)20-11-5-10-19-20;1-18-11-10-17-16(18)15-9-5-8-14(12-15)13-6-3-2-4-7-13;1-12-7-10(11-8-12)9-5-3-2-4-6-9;1-12-8-7-11-10(12)9-5-3-2-4-6-9;1-2-5-9(6-3-1)11-8-4-7-10-11;2*1-2-4-8(5-3-1)9-10-6-7-11-9;1-2-4-8(5-3-1)11-7-6-9-10-11;1-2-4-8(5-3-1)11-9-6-7-10-11;1-2-4-7(5-3-1)11-6-8-9-10-11;;;;;;;;;;/h3-7,9-12H,1-2H3;2-8,10-12H,1H3;2*2-5,7-8H,1H3;1-5,7-8H;4*1-4,6-7H;1-4,6H;;;;;;;;;;/q10*-1;;;;;;;;;;. The van der Waals surface area contributed by atoms with Gasteiger partial charge in [-0.3, -0.25) is 34.3 Å². The number of rotatable bonds is 11. The molecule has 0 N–H and O–H groups in total. The minimum atomic E-state index is 0. The average molecular weight is 3610 g/mol. The van der Waals surface area contributed by atoms with Crippen LogP contribution in [0.25, 0.3) is 107 Å². The minimum absolute atomic E-state index is 0. The topological polar surface area (TPSA) is 233 Å². The van der Waals surface area contributed by atoms with Crippen molar-refractivity contribution in [3.05, 3.63) is 480 Å². The molecule has 0 saturated carbocycles. The Labute approximate surface area is 941 Å². The Kier molecular flexibility index (Phi) is 56.0. The second-order valence-corrected chi connectivity index (χ2v) is 28.8. The molecule has 10 radical (unpaired) electrons. The summed E-state index contributed by atoms with van der Waals surface area (Å²) in [6.45, 7) is 4.56.